The van der Waals surface area contributed by atoms with E-state index in [2.05, 4.69) is 76.0 Å². The van der Waals surface area contributed by atoms with E-state index in [-0.39, 0.29) is 18.3 Å². The van der Waals surface area contributed by atoms with Crippen molar-refractivity contribution in [3.8, 4) is 0 Å². The molecule has 1 aromatic carbocycles. The van der Waals surface area contributed by atoms with Crippen molar-refractivity contribution in [1.82, 2.24) is 0 Å². The van der Waals surface area contributed by atoms with Gasteiger partial charge >= 0.3 is 7.12 Å². The number of thiophene rings is 1. The van der Waals surface area contributed by atoms with Crippen LogP contribution in [0.25, 0.3) is 16.2 Å². The van der Waals surface area contributed by atoms with E-state index >= 15 is 0 Å². The maximum Gasteiger partial charge on any atom is 0.491 e. The quantitative estimate of drug-likeness (QED) is 0.640. The molecule has 0 unspecified atom stereocenters. The van der Waals surface area contributed by atoms with Crippen LogP contribution in [0.3, 0.4) is 0 Å². The first-order valence-corrected chi connectivity index (χ1v) is 8.98. The van der Waals surface area contributed by atoms with Crippen molar-refractivity contribution in [3.63, 3.8) is 0 Å². The molecule has 0 atom stereocenters. The molecule has 0 aliphatic carbocycles. The monoisotopic (exact) mass is 332 g/mol. The first-order valence-electron chi connectivity index (χ1n) is 7.47. The Morgan fingerprint density at radius 1 is 1.18 bits per heavy atom. The van der Waals surface area contributed by atoms with Gasteiger partial charge in [0.25, 0.3) is 0 Å². The van der Waals surface area contributed by atoms with E-state index in [1.54, 1.807) is 11.3 Å². The molecule has 5 heteroatoms. The highest BCUT2D eigenvalue weighted by atomic mass is 32.1. The first-order chi connectivity index (χ1) is 10.3. The molecule has 0 saturated carbocycles. The maximum atomic E-state index is 6.12. The van der Waals surface area contributed by atoms with Crippen molar-refractivity contribution in [2.75, 3.05) is 5.75 Å². The van der Waals surface area contributed by atoms with Crippen molar-refractivity contribution >= 4 is 47.2 Å². The van der Waals surface area contributed by atoms with E-state index in [4.69, 9.17) is 9.31 Å². The zero-order chi connectivity index (χ0) is 16.0. The lowest BCUT2D eigenvalue weighted by atomic mass is 9.78. The predicted octanol–water partition coefficient (Wildman–Crippen LogP) is 4.85. The number of fused-ring (bicyclic) bond motifs is 1. The van der Waals surface area contributed by atoms with Gasteiger partial charge in [0.05, 0.1) is 11.2 Å². The Balaban J connectivity index is 1.90. The zero-order valence-electron chi connectivity index (χ0n) is 13.4. The van der Waals surface area contributed by atoms with Gasteiger partial charge in [-0.2, -0.15) is 12.6 Å². The minimum atomic E-state index is -0.333. The standard InChI is InChI=1S/C17H21BO2S2/c1-16(2)17(3,4)20-18(19-16)14(11-21)10-12-5-6-15-13(9-12)7-8-22-15/h5-10,21H,11H2,1-4H3. The molecule has 0 amide bonds. The molecule has 2 nitrogen and oxygen atoms in total. The van der Waals surface area contributed by atoms with E-state index in [9.17, 15) is 0 Å². The molecule has 0 bridgehead atoms. The van der Waals surface area contributed by atoms with E-state index < -0.39 is 0 Å². The van der Waals surface area contributed by atoms with Gasteiger partial charge in [0.2, 0.25) is 0 Å². The highest BCUT2D eigenvalue weighted by molar-refractivity contribution is 7.80. The van der Waals surface area contributed by atoms with Gasteiger partial charge in [-0.1, -0.05) is 12.1 Å². The number of thiol groups is 1. The summed E-state index contributed by atoms with van der Waals surface area (Å²) >= 11 is 6.23. The summed E-state index contributed by atoms with van der Waals surface area (Å²) in [5.74, 6) is 0.610. The lowest BCUT2D eigenvalue weighted by Crippen LogP contribution is -2.41. The van der Waals surface area contributed by atoms with Crippen LogP contribution >= 0.6 is 24.0 Å². The van der Waals surface area contributed by atoms with E-state index in [1.165, 1.54) is 10.1 Å². The van der Waals surface area contributed by atoms with Crippen molar-refractivity contribution in [2.24, 2.45) is 0 Å². The average molecular weight is 332 g/mol. The van der Waals surface area contributed by atoms with E-state index in [1.807, 2.05) is 0 Å². The van der Waals surface area contributed by atoms with Gasteiger partial charge in [0.15, 0.2) is 0 Å². The number of hydrogen-bond donors (Lipinski definition) is 1. The van der Waals surface area contributed by atoms with Gasteiger partial charge in [-0.05, 0) is 67.7 Å². The van der Waals surface area contributed by atoms with Gasteiger partial charge in [-0.25, -0.2) is 0 Å². The molecular formula is C17H21BO2S2. The van der Waals surface area contributed by atoms with Crippen molar-refractivity contribution in [3.05, 3.63) is 40.7 Å². The zero-order valence-corrected chi connectivity index (χ0v) is 15.1. The second kappa shape index (κ2) is 5.71. The van der Waals surface area contributed by atoms with Crippen LogP contribution in [0.5, 0.6) is 0 Å². The molecule has 1 saturated heterocycles. The Kier molecular flexibility index (Phi) is 4.19. The Bertz CT molecular complexity index is 702. The summed E-state index contributed by atoms with van der Waals surface area (Å²) in [5, 5.41) is 3.39. The van der Waals surface area contributed by atoms with Crippen LogP contribution in [0.2, 0.25) is 0 Å². The molecule has 0 N–H and O–H groups in total. The third kappa shape index (κ3) is 2.87. The molecule has 1 aromatic heterocycles. The molecule has 2 aromatic rings. The molecule has 0 spiro atoms. The fraction of sp³-hybridized carbons (Fsp3) is 0.412. The number of rotatable bonds is 3. The lowest BCUT2D eigenvalue weighted by Gasteiger charge is -2.32. The summed E-state index contributed by atoms with van der Waals surface area (Å²) in [4.78, 5) is 0. The van der Waals surface area contributed by atoms with Crippen molar-refractivity contribution < 1.29 is 9.31 Å². The smallest absolute Gasteiger partial charge is 0.400 e. The molecule has 116 valence electrons. The van der Waals surface area contributed by atoms with Crippen LogP contribution in [-0.2, 0) is 9.31 Å². The molecule has 1 fully saturated rings. The summed E-state index contributed by atoms with van der Waals surface area (Å²) in [6.07, 6.45) is 2.13. The summed E-state index contributed by atoms with van der Waals surface area (Å²) < 4.78 is 13.6. The van der Waals surface area contributed by atoms with E-state index in [0.29, 0.717) is 5.75 Å². The van der Waals surface area contributed by atoms with Crippen LogP contribution in [0.15, 0.2) is 35.1 Å². The molecular weight excluding hydrogens is 311 g/mol. The molecule has 1 aliphatic heterocycles. The molecule has 22 heavy (non-hydrogen) atoms. The molecule has 2 heterocycles. The second-order valence-corrected chi connectivity index (χ2v) is 7.95. The molecule has 3 rings (SSSR count). The van der Waals surface area contributed by atoms with Gasteiger partial charge in [0.1, 0.15) is 0 Å². The summed E-state index contributed by atoms with van der Waals surface area (Å²) in [6, 6.07) is 8.63. The maximum absolute atomic E-state index is 6.12. The van der Waals surface area contributed by atoms with Gasteiger partial charge in [0, 0.05) is 10.5 Å². The average Bonchev–Trinajstić information content (AvgIpc) is 2.98. The normalized spacial score (nSPS) is 20.8. The third-order valence-corrected chi connectivity index (χ3v) is 5.83. The molecule has 1 aliphatic rings. The fourth-order valence-corrected chi connectivity index (χ4v) is 3.48. The van der Waals surface area contributed by atoms with E-state index in [0.717, 1.165) is 11.0 Å². The Hall–Kier alpha value is -0.745. The van der Waals surface area contributed by atoms with Gasteiger partial charge in [-0.3, -0.25) is 0 Å². The highest BCUT2D eigenvalue weighted by Gasteiger charge is 2.52. The van der Waals surface area contributed by atoms with Crippen LogP contribution in [-0.4, -0.2) is 24.1 Å². The Morgan fingerprint density at radius 2 is 1.86 bits per heavy atom. The summed E-state index contributed by atoms with van der Waals surface area (Å²) in [5.41, 5.74) is 1.56. The summed E-state index contributed by atoms with van der Waals surface area (Å²) in [6.45, 7) is 8.28. The van der Waals surface area contributed by atoms with Gasteiger partial charge in [-0.15, -0.1) is 11.3 Å². The lowest BCUT2D eigenvalue weighted by molar-refractivity contribution is 0.00578. The number of benzene rings is 1. The van der Waals surface area contributed by atoms with Crippen LogP contribution in [0, 0.1) is 0 Å². The first kappa shape index (κ1) is 16.1. The Morgan fingerprint density at radius 3 is 2.50 bits per heavy atom. The fourth-order valence-electron chi connectivity index (χ4n) is 2.47. The van der Waals surface area contributed by atoms with Crippen LogP contribution in [0.1, 0.15) is 33.3 Å². The van der Waals surface area contributed by atoms with Crippen molar-refractivity contribution in [2.45, 2.75) is 38.9 Å². The highest BCUT2D eigenvalue weighted by Crippen LogP contribution is 2.39. The Labute approximate surface area is 142 Å². The molecule has 0 radical (unpaired) electrons. The van der Waals surface area contributed by atoms with Crippen molar-refractivity contribution in [1.29, 1.82) is 0 Å². The topological polar surface area (TPSA) is 18.5 Å². The predicted molar refractivity (Wildman–Crippen MR) is 99.7 cm³/mol. The third-order valence-electron chi connectivity index (χ3n) is 4.57. The largest absolute Gasteiger partial charge is 0.491 e. The SMILES string of the molecule is CC1(C)OB(C(=Cc2ccc3sccc3c2)CS)OC1(C)C. The van der Waals surface area contributed by atoms with Crippen LogP contribution < -0.4 is 0 Å². The number of hydrogen-bond acceptors (Lipinski definition) is 4. The minimum absolute atomic E-state index is 0.322. The summed E-state index contributed by atoms with van der Waals surface area (Å²) in [7, 11) is -0.333. The second-order valence-electron chi connectivity index (χ2n) is 6.68. The minimum Gasteiger partial charge on any atom is -0.400 e. The van der Waals surface area contributed by atoms with Gasteiger partial charge < -0.3 is 9.31 Å². The van der Waals surface area contributed by atoms with Crippen LogP contribution in [0.4, 0.5) is 0 Å².